The third-order valence-electron chi connectivity index (χ3n) is 6.55. The molecular weight excluding hydrogens is 272 g/mol. The van der Waals surface area contributed by atoms with E-state index in [1.807, 2.05) is 6.07 Å². The van der Waals surface area contributed by atoms with Crippen LogP contribution >= 0.6 is 0 Å². The summed E-state index contributed by atoms with van der Waals surface area (Å²) >= 11 is 0. The fourth-order valence-corrected chi connectivity index (χ4v) is 5.96. The molecule has 0 spiro atoms. The van der Waals surface area contributed by atoms with Crippen molar-refractivity contribution >= 4 is 0 Å². The lowest BCUT2D eigenvalue weighted by Gasteiger charge is -2.57. The van der Waals surface area contributed by atoms with E-state index >= 15 is 0 Å². The van der Waals surface area contributed by atoms with Crippen LogP contribution in [0, 0.1) is 17.8 Å². The number of benzene rings is 1. The highest BCUT2D eigenvalue weighted by Crippen LogP contribution is 2.61. The molecule has 2 heteroatoms. The predicted octanol–water partition coefficient (Wildman–Crippen LogP) is 4.86. The van der Waals surface area contributed by atoms with Crippen LogP contribution < -0.4 is 0 Å². The minimum absolute atomic E-state index is 0.0678. The second-order valence-corrected chi connectivity index (χ2v) is 9.34. The van der Waals surface area contributed by atoms with Gasteiger partial charge in [0.15, 0.2) is 11.5 Å². The highest BCUT2D eigenvalue weighted by Gasteiger charge is 2.51. The Hall–Kier alpha value is -1.18. The zero-order valence-corrected chi connectivity index (χ0v) is 14.0. The summed E-state index contributed by atoms with van der Waals surface area (Å²) < 4.78 is 0. The molecule has 4 bridgehead atoms. The molecule has 5 rings (SSSR count). The average molecular weight is 300 g/mol. The first-order valence-electron chi connectivity index (χ1n) is 8.84. The molecule has 4 saturated carbocycles. The molecule has 1 aromatic rings. The van der Waals surface area contributed by atoms with Crippen LogP contribution in [0.1, 0.15) is 70.4 Å². The first-order chi connectivity index (χ1) is 10.3. The van der Waals surface area contributed by atoms with Crippen molar-refractivity contribution in [2.75, 3.05) is 0 Å². The van der Waals surface area contributed by atoms with Crippen molar-refractivity contribution in [3.05, 3.63) is 23.3 Å². The van der Waals surface area contributed by atoms with Crippen molar-refractivity contribution in [2.24, 2.45) is 17.8 Å². The molecule has 0 amide bonds. The van der Waals surface area contributed by atoms with Gasteiger partial charge in [0.05, 0.1) is 0 Å². The van der Waals surface area contributed by atoms with Gasteiger partial charge in [-0.3, -0.25) is 0 Å². The molecule has 4 aliphatic carbocycles. The predicted molar refractivity (Wildman–Crippen MR) is 88.3 cm³/mol. The van der Waals surface area contributed by atoms with Crippen LogP contribution in [-0.4, -0.2) is 10.2 Å². The molecule has 2 N–H and O–H groups in total. The maximum absolute atomic E-state index is 10.3. The van der Waals surface area contributed by atoms with E-state index in [2.05, 4.69) is 26.8 Å². The molecular formula is C20H28O2. The van der Waals surface area contributed by atoms with Crippen molar-refractivity contribution < 1.29 is 10.2 Å². The Labute approximate surface area is 133 Å². The third-order valence-corrected chi connectivity index (χ3v) is 6.55. The summed E-state index contributed by atoms with van der Waals surface area (Å²) in [6.07, 6.45) is 8.13. The fourth-order valence-electron chi connectivity index (χ4n) is 5.96. The standard InChI is InChI=1S/C20H28O2/c1-19(2,3)16-7-15(8-17(21)18(16)22)20-9-12-4-13(10-20)6-14(5-12)11-20/h7-8,12-14,21-22H,4-6,9-11H2,1-3H3. The van der Waals surface area contributed by atoms with Gasteiger partial charge in [-0.2, -0.15) is 0 Å². The van der Waals surface area contributed by atoms with E-state index in [0.717, 1.165) is 23.3 Å². The van der Waals surface area contributed by atoms with Gasteiger partial charge in [0.1, 0.15) is 0 Å². The van der Waals surface area contributed by atoms with Gasteiger partial charge in [-0.15, -0.1) is 0 Å². The summed E-state index contributed by atoms with van der Waals surface area (Å²) in [6.45, 7) is 6.31. The number of rotatable bonds is 1. The van der Waals surface area contributed by atoms with Crippen molar-refractivity contribution in [3.63, 3.8) is 0 Å². The summed E-state index contributed by atoms with van der Waals surface area (Å²) in [5.74, 6) is 2.81. The van der Waals surface area contributed by atoms with Crippen LogP contribution in [0.25, 0.3) is 0 Å². The summed E-state index contributed by atoms with van der Waals surface area (Å²) in [6, 6.07) is 4.06. The highest BCUT2D eigenvalue weighted by molar-refractivity contribution is 5.52. The molecule has 2 nitrogen and oxygen atoms in total. The lowest BCUT2D eigenvalue weighted by Crippen LogP contribution is -2.48. The number of phenolic OH excluding ortho intramolecular Hbond substituents is 2. The van der Waals surface area contributed by atoms with Gasteiger partial charge in [-0.25, -0.2) is 0 Å². The second-order valence-electron chi connectivity index (χ2n) is 9.34. The smallest absolute Gasteiger partial charge is 0.161 e. The van der Waals surface area contributed by atoms with Gasteiger partial charge < -0.3 is 10.2 Å². The van der Waals surface area contributed by atoms with Crippen molar-refractivity contribution in [1.29, 1.82) is 0 Å². The Morgan fingerprint density at radius 3 is 1.86 bits per heavy atom. The van der Waals surface area contributed by atoms with Crippen molar-refractivity contribution in [2.45, 2.75) is 70.1 Å². The lowest BCUT2D eigenvalue weighted by atomic mass is 9.48. The van der Waals surface area contributed by atoms with Gasteiger partial charge in [-0.05, 0) is 78.7 Å². The van der Waals surface area contributed by atoms with Crippen LogP contribution in [-0.2, 0) is 10.8 Å². The lowest BCUT2D eigenvalue weighted by molar-refractivity contribution is -0.00535. The molecule has 0 heterocycles. The minimum atomic E-state index is -0.153. The van der Waals surface area contributed by atoms with E-state index < -0.39 is 0 Å². The Kier molecular flexibility index (Phi) is 2.90. The molecule has 1 aromatic carbocycles. The maximum Gasteiger partial charge on any atom is 0.161 e. The van der Waals surface area contributed by atoms with Crippen LogP contribution in [0.2, 0.25) is 0 Å². The second kappa shape index (κ2) is 4.43. The Balaban J connectivity index is 1.81. The molecule has 0 unspecified atom stereocenters. The molecule has 0 atom stereocenters. The fraction of sp³-hybridized carbons (Fsp3) is 0.700. The monoisotopic (exact) mass is 300 g/mol. The van der Waals surface area contributed by atoms with Gasteiger partial charge in [0, 0.05) is 5.56 Å². The Morgan fingerprint density at radius 1 is 0.909 bits per heavy atom. The number of aromatic hydroxyl groups is 2. The zero-order valence-electron chi connectivity index (χ0n) is 14.0. The van der Waals surface area contributed by atoms with Crippen LogP contribution in [0.5, 0.6) is 11.5 Å². The van der Waals surface area contributed by atoms with E-state index in [-0.39, 0.29) is 22.3 Å². The summed E-state index contributed by atoms with van der Waals surface area (Å²) in [5, 5.41) is 20.6. The quantitative estimate of drug-likeness (QED) is 0.727. The van der Waals surface area contributed by atoms with Crippen LogP contribution in [0.3, 0.4) is 0 Å². The van der Waals surface area contributed by atoms with Gasteiger partial charge >= 0.3 is 0 Å². The zero-order chi connectivity index (χ0) is 15.7. The third kappa shape index (κ3) is 2.06. The van der Waals surface area contributed by atoms with E-state index in [1.165, 1.54) is 44.1 Å². The van der Waals surface area contributed by atoms with E-state index in [0.29, 0.717) is 0 Å². The van der Waals surface area contributed by atoms with Crippen LogP contribution in [0.4, 0.5) is 0 Å². The molecule has 4 fully saturated rings. The van der Waals surface area contributed by atoms with E-state index in [9.17, 15) is 10.2 Å². The van der Waals surface area contributed by atoms with E-state index in [4.69, 9.17) is 0 Å². The van der Waals surface area contributed by atoms with Crippen molar-refractivity contribution in [3.8, 4) is 11.5 Å². The molecule has 0 aromatic heterocycles. The highest BCUT2D eigenvalue weighted by atomic mass is 16.3. The summed E-state index contributed by atoms with van der Waals surface area (Å²) in [5.41, 5.74) is 2.28. The molecule has 120 valence electrons. The number of hydrogen-bond acceptors (Lipinski definition) is 2. The maximum atomic E-state index is 10.3. The van der Waals surface area contributed by atoms with Gasteiger partial charge in [0.2, 0.25) is 0 Å². The van der Waals surface area contributed by atoms with Crippen molar-refractivity contribution in [1.82, 2.24) is 0 Å². The normalized spacial score (nSPS) is 36.8. The van der Waals surface area contributed by atoms with Gasteiger partial charge in [-0.1, -0.05) is 26.8 Å². The first kappa shape index (κ1) is 14.4. The minimum Gasteiger partial charge on any atom is -0.504 e. The summed E-state index contributed by atoms with van der Waals surface area (Å²) in [4.78, 5) is 0. The molecule has 4 aliphatic rings. The van der Waals surface area contributed by atoms with Gasteiger partial charge in [0.25, 0.3) is 0 Å². The topological polar surface area (TPSA) is 40.5 Å². The Morgan fingerprint density at radius 2 is 1.41 bits per heavy atom. The molecule has 0 aliphatic heterocycles. The Bertz CT molecular complexity index is 574. The number of phenols is 2. The molecule has 22 heavy (non-hydrogen) atoms. The molecule has 0 radical (unpaired) electrons. The number of hydrogen-bond donors (Lipinski definition) is 2. The SMILES string of the molecule is CC(C)(C)c1cc(C23CC4CC(CC(C4)C2)C3)cc(O)c1O. The van der Waals surface area contributed by atoms with Crippen LogP contribution in [0.15, 0.2) is 12.1 Å². The summed E-state index contributed by atoms with van der Waals surface area (Å²) in [7, 11) is 0. The first-order valence-corrected chi connectivity index (χ1v) is 8.84. The largest absolute Gasteiger partial charge is 0.504 e. The molecule has 0 saturated heterocycles. The van der Waals surface area contributed by atoms with E-state index in [1.54, 1.807) is 0 Å². The average Bonchev–Trinajstić information content (AvgIpc) is 2.38.